The lowest BCUT2D eigenvalue weighted by Gasteiger charge is -2.45. The molecule has 91 heavy (non-hydrogen) atoms. The normalized spacial score (nSPS) is 15.8. The van der Waals surface area contributed by atoms with Crippen LogP contribution in [0, 0.1) is 0 Å². The number of fused-ring (bicyclic) bond motifs is 2. The number of amides is 3. The van der Waals surface area contributed by atoms with Crippen molar-refractivity contribution in [3.63, 3.8) is 0 Å². The zero-order valence-electron chi connectivity index (χ0n) is 52.6. The number of aliphatic hydroxyl groups is 1. The number of anilines is 2. The number of hydrogen-bond acceptors (Lipinski definition) is 18. The Labute approximate surface area is 530 Å². The Morgan fingerprint density at radius 3 is 1.68 bits per heavy atom. The van der Waals surface area contributed by atoms with Gasteiger partial charge in [-0.1, -0.05) is 95.3 Å². The molecule has 5 aromatic carbocycles. The van der Waals surface area contributed by atoms with Gasteiger partial charge in [0, 0.05) is 11.1 Å². The van der Waals surface area contributed by atoms with Gasteiger partial charge < -0.3 is 49.8 Å². The number of carbonyl (C=O) groups is 3. The van der Waals surface area contributed by atoms with E-state index in [2.05, 4.69) is 30.6 Å². The molecule has 25 nitrogen and oxygen atoms in total. The second-order valence-electron chi connectivity index (χ2n) is 24.7. The Kier molecular flexibility index (Phi) is 21.2. The van der Waals surface area contributed by atoms with Crippen LogP contribution in [-0.2, 0) is 52.0 Å². The van der Waals surface area contributed by atoms with Gasteiger partial charge in [-0.05, 0) is 140 Å². The van der Waals surface area contributed by atoms with Crippen LogP contribution >= 0.6 is 0 Å². The number of benzene rings is 5. The summed E-state index contributed by atoms with van der Waals surface area (Å²) in [6, 6.07) is 26.8. The fraction of sp³-hybridized carbons (Fsp3) is 0.453. The molecule has 2 saturated carbocycles. The fourth-order valence-corrected chi connectivity index (χ4v) is 13.9. The van der Waals surface area contributed by atoms with Gasteiger partial charge in [-0.3, -0.25) is 24.7 Å². The van der Waals surface area contributed by atoms with Crippen molar-refractivity contribution in [3.8, 4) is 17.2 Å². The number of methoxy groups -OCH3 is 3. The highest BCUT2D eigenvalue weighted by molar-refractivity contribution is 7.89. The van der Waals surface area contributed by atoms with Crippen molar-refractivity contribution in [1.82, 2.24) is 39.1 Å². The van der Waals surface area contributed by atoms with E-state index in [1.807, 2.05) is 18.2 Å². The SMILES string of the molecule is COc1cc(C(=O)Nc2nc3cc(S(=O)(=O)N(CC(OC(=O)N[C@@H](Cc4ccccc4)[C@@H](O)CN(OC4CCCC4)S(=O)(=O)c4ccc5[nH]c(N)nc5c4)C(Cc4ccccc4)N(C(=O)OC(C)(C)C)C(C)(C)C)OC4CCCC4)ccc3[nH]2)cc(OC)c1OC. The standard InChI is InChI=1S/C64H82N10O15S2/c1-63(2,3)74(62(78)87-64(4,5)6)52(33-41-22-14-11-15-23-41)56(39-73(89-44-26-18-19-27-44)91(81,82)46-29-31-48-50(37-46)69-60(68-48)71-58(76)42-34-54(83-7)57(85-9)55(35-42)84-8)86-61(77)70-51(32-40-20-12-10-13-21-40)53(75)38-72(88-43-24-16-17-25-43)90(79,80)45-28-30-47-49(36-45)67-59(65)66-47/h10-15,20-23,28-31,34-37,43-44,51-53,56,75H,16-19,24-27,32-33,38-39H2,1-9H3,(H,70,77)(H3,65,66,67)(H2,68,69,71,76)/t51-,52?,53-,56?/m0/s1. The minimum absolute atomic E-state index is 0.0145. The number of ether oxygens (including phenoxy) is 5. The first-order valence-corrected chi connectivity index (χ1v) is 33.1. The number of hydroxylamine groups is 2. The van der Waals surface area contributed by atoms with Gasteiger partial charge in [0.1, 0.15) is 11.7 Å². The number of nitrogen functional groups attached to an aromatic ring is 1. The van der Waals surface area contributed by atoms with Gasteiger partial charge in [-0.25, -0.2) is 36.4 Å². The van der Waals surface area contributed by atoms with E-state index in [1.165, 1.54) is 74.8 Å². The summed E-state index contributed by atoms with van der Waals surface area (Å²) in [5, 5.41) is 18.1. The molecule has 2 fully saturated rings. The highest BCUT2D eigenvalue weighted by Crippen LogP contribution is 2.39. The molecular weight excluding hydrogens is 1210 g/mol. The molecule has 0 spiro atoms. The van der Waals surface area contributed by atoms with Gasteiger partial charge in [0.2, 0.25) is 11.7 Å². The zero-order valence-corrected chi connectivity index (χ0v) is 54.3. The van der Waals surface area contributed by atoms with E-state index >= 15 is 13.2 Å². The Hall–Kier alpha value is -8.05. The quantitative estimate of drug-likeness (QED) is 0.0275. The summed E-state index contributed by atoms with van der Waals surface area (Å²) >= 11 is 0. The number of carbonyl (C=O) groups excluding carboxylic acids is 3. The molecule has 9 rings (SSSR count). The average molecular weight is 1300 g/mol. The van der Waals surface area contributed by atoms with Crippen molar-refractivity contribution >= 4 is 72.1 Å². The van der Waals surface area contributed by atoms with Gasteiger partial charge >= 0.3 is 12.2 Å². The Morgan fingerprint density at radius 2 is 1.18 bits per heavy atom. The third-order valence-corrected chi connectivity index (χ3v) is 18.9. The van der Waals surface area contributed by atoms with Gasteiger partial charge in [0.25, 0.3) is 26.0 Å². The fourth-order valence-electron chi connectivity index (χ4n) is 11.3. The summed E-state index contributed by atoms with van der Waals surface area (Å²) in [7, 11) is -5.07. The Bertz CT molecular complexity index is 3860. The van der Waals surface area contributed by atoms with Crippen LogP contribution in [0.3, 0.4) is 0 Å². The second kappa shape index (κ2) is 28.6. The van der Waals surface area contributed by atoms with Crippen LogP contribution in [0.15, 0.2) is 119 Å². The van der Waals surface area contributed by atoms with E-state index in [-0.39, 0.29) is 68.4 Å². The monoisotopic (exact) mass is 1290 g/mol. The molecule has 3 amide bonds. The number of rotatable bonds is 26. The highest BCUT2D eigenvalue weighted by atomic mass is 32.2. The van der Waals surface area contributed by atoms with Crippen molar-refractivity contribution in [2.45, 2.75) is 163 Å². The van der Waals surface area contributed by atoms with Crippen LogP contribution in [0.4, 0.5) is 21.5 Å². The molecule has 2 unspecified atom stereocenters. The molecule has 0 saturated heterocycles. The molecule has 4 atom stereocenters. The van der Waals surface area contributed by atoms with Gasteiger partial charge in [0.15, 0.2) is 17.4 Å². The molecule has 0 bridgehead atoms. The molecule has 490 valence electrons. The lowest BCUT2D eigenvalue weighted by atomic mass is 9.94. The first-order valence-electron chi connectivity index (χ1n) is 30.2. The Balaban J connectivity index is 1.10. The molecular formula is C64H82N10O15S2. The summed E-state index contributed by atoms with van der Waals surface area (Å²) in [6.45, 7) is 9.08. The summed E-state index contributed by atoms with van der Waals surface area (Å²) in [6.07, 6.45) is -1.29. The van der Waals surface area contributed by atoms with E-state index in [0.29, 0.717) is 47.8 Å². The molecule has 2 aliphatic carbocycles. The summed E-state index contributed by atoms with van der Waals surface area (Å²) < 4.78 is 91.3. The predicted octanol–water partition coefficient (Wildman–Crippen LogP) is 9.44. The maximum absolute atomic E-state index is 15.6. The van der Waals surface area contributed by atoms with Crippen LogP contribution in [0.25, 0.3) is 22.1 Å². The maximum Gasteiger partial charge on any atom is 0.411 e. The highest BCUT2D eigenvalue weighted by Gasteiger charge is 2.45. The minimum atomic E-state index is -4.80. The third-order valence-electron chi connectivity index (χ3n) is 15.7. The van der Waals surface area contributed by atoms with Crippen molar-refractivity contribution in [2.24, 2.45) is 0 Å². The summed E-state index contributed by atoms with van der Waals surface area (Å²) in [5.74, 6) is 0.228. The number of aromatic nitrogens is 4. The molecule has 0 radical (unpaired) electrons. The van der Waals surface area contributed by atoms with Crippen LogP contribution in [-0.4, -0.2) is 156 Å². The van der Waals surface area contributed by atoms with Crippen molar-refractivity contribution < 1.29 is 69.7 Å². The lowest BCUT2D eigenvalue weighted by molar-refractivity contribution is -0.151. The first-order chi connectivity index (χ1) is 43.2. The number of nitrogens with two attached hydrogens (primary N) is 1. The number of aromatic amines is 2. The maximum atomic E-state index is 15.6. The molecule has 2 aliphatic rings. The number of nitrogens with zero attached hydrogens (tertiary/aromatic N) is 5. The average Bonchev–Trinajstić information content (AvgIpc) is 1.79. The number of alkyl carbamates (subject to hydrolysis) is 1. The lowest BCUT2D eigenvalue weighted by Crippen LogP contribution is -2.61. The van der Waals surface area contributed by atoms with Crippen LogP contribution in [0.5, 0.6) is 17.2 Å². The van der Waals surface area contributed by atoms with Gasteiger partial charge in [-0.15, -0.1) is 0 Å². The van der Waals surface area contributed by atoms with Gasteiger partial charge in [0.05, 0.1) is 96.7 Å². The number of nitrogens with one attached hydrogen (secondary N) is 4. The number of hydrogen-bond donors (Lipinski definition) is 6. The second-order valence-corrected chi connectivity index (χ2v) is 28.3. The van der Waals surface area contributed by atoms with Crippen molar-refractivity contribution in [3.05, 3.63) is 126 Å². The number of imidazole rings is 2. The molecule has 0 aliphatic heterocycles. The van der Waals surface area contributed by atoms with E-state index in [0.717, 1.165) is 34.6 Å². The van der Waals surface area contributed by atoms with Gasteiger partial charge in [-0.2, -0.15) is 0 Å². The third kappa shape index (κ3) is 16.7. The minimum Gasteiger partial charge on any atom is -0.493 e. The number of aliphatic hydroxyl groups excluding tert-OH is 1. The van der Waals surface area contributed by atoms with E-state index in [1.54, 1.807) is 84.0 Å². The summed E-state index contributed by atoms with van der Waals surface area (Å²) in [4.78, 5) is 72.5. The van der Waals surface area contributed by atoms with Crippen LogP contribution < -0.4 is 30.6 Å². The topological polar surface area (TPSA) is 321 Å². The first kappa shape index (κ1) is 67.3. The zero-order chi connectivity index (χ0) is 65.4. The summed E-state index contributed by atoms with van der Waals surface area (Å²) in [5.41, 5.74) is 6.55. The van der Waals surface area contributed by atoms with Crippen molar-refractivity contribution in [1.29, 1.82) is 0 Å². The van der Waals surface area contributed by atoms with Crippen LogP contribution in [0.2, 0.25) is 0 Å². The van der Waals surface area contributed by atoms with Crippen molar-refractivity contribution in [2.75, 3.05) is 45.5 Å². The molecule has 7 N–H and O–H groups in total. The van der Waals surface area contributed by atoms with E-state index in [9.17, 15) is 23.1 Å². The Morgan fingerprint density at radius 1 is 0.670 bits per heavy atom. The number of H-pyrrole nitrogens is 2. The molecule has 7 aromatic rings. The van der Waals surface area contributed by atoms with E-state index in [4.69, 9.17) is 39.1 Å². The van der Waals surface area contributed by atoms with Crippen LogP contribution in [0.1, 0.15) is 114 Å². The predicted molar refractivity (Wildman–Crippen MR) is 340 cm³/mol. The molecule has 2 aromatic heterocycles. The van der Waals surface area contributed by atoms with E-state index < -0.39 is 98.9 Å². The molecule has 2 heterocycles. The molecule has 27 heteroatoms. The largest absolute Gasteiger partial charge is 0.493 e. The number of sulfonamides is 2. The smallest absolute Gasteiger partial charge is 0.411 e.